The highest BCUT2D eigenvalue weighted by atomic mass is 35.5. The molecule has 0 unspecified atom stereocenters. The van der Waals surface area contributed by atoms with E-state index in [-0.39, 0.29) is 5.91 Å². The molecule has 0 spiro atoms. The summed E-state index contributed by atoms with van der Waals surface area (Å²) >= 11 is 3.64. The molecule has 0 aliphatic carbocycles. The lowest BCUT2D eigenvalue weighted by Crippen LogP contribution is -2.49. The van der Waals surface area contributed by atoms with Gasteiger partial charge in [-0.2, -0.15) is 15.5 Å². The number of hydrogen-bond donors (Lipinski definition) is 2. The van der Waals surface area contributed by atoms with Crippen molar-refractivity contribution in [3.8, 4) is 28.3 Å². The molecule has 11 heteroatoms. The van der Waals surface area contributed by atoms with Crippen LogP contribution < -0.4 is 4.90 Å². The Hall–Kier alpha value is -3.91. The summed E-state index contributed by atoms with van der Waals surface area (Å²) in [7, 11) is 1.88. The number of piperazine rings is 1. The van der Waals surface area contributed by atoms with Gasteiger partial charge < -0.3 is 14.9 Å². The van der Waals surface area contributed by atoms with E-state index >= 15 is 0 Å². The third-order valence-corrected chi connectivity index (χ3v) is 6.08. The van der Waals surface area contributed by atoms with Crippen LogP contribution in [0.3, 0.4) is 0 Å². The van der Waals surface area contributed by atoms with Gasteiger partial charge in [0.05, 0.1) is 35.3 Å². The number of halogens is 1. The molecule has 1 saturated heterocycles. The summed E-state index contributed by atoms with van der Waals surface area (Å²) in [6.45, 7) is 2.17. The third-order valence-electron chi connectivity index (χ3n) is 6.08. The van der Waals surface area contributed by atoms with Gasteiger partial charge in [0.25, 0.3) is 0 Å². The molecule has 1 aromatic carbocycles. The summed E-state index contributed by atoms with van der Waals surface area (Å²) in [5, 5.41) is 27.3. The van der Waals surface area contributed by atoms with Gasteiger partial charge >= 0.3 is 0 Å². The first-order chi connectivity index (χ1) is 17.1. The first kappa shape index (κ1) is 24.2. The number of aliphatic hydroxyl groups excluding tert-OH is 1. The number of pyridine rings is 1. The van der Waals surface area contributed by atoms with Gasteiger partial charge in [-0.1, -0.05) is 12.1 Å². The molecule has 3 aromatic heterocycles. The van der Waals surface area contributed by atoms with Gasteiger partial charge in [-0.25, -0.2) is 4.52 Å². The zero-order valence-electron chi connectivity index (χ0n) is 19.0. The number of anilines is 1. The van der Waals surface area contributed by atoms with Crippen LogP contribution >= 0.6 is 11.9 Å². The molecule has 10 nitrogen and oxygen atoms in total. The smallest absolute Gasteiger partial charge is 0.248 e. The molecule has 0 radical (unpaired) electrons. The summed E-state index contributed by atoms with van der Waals surface area (Å²) in [6.07, 6.45) is 7.26. The van der Waals surface area contributed by atoms with Gasteiger partial charge in [-0.05, 0) is 23.8 Å². The first-order valence-corrected chi connectivity index (χ1v) is 11.2. The van der Waals surface area contributed by atoms with Crippen molar-refractivity contribution in [1.29, 1.82) is 5.26 Å². The first-order valence-electron chi connectivity index (χ1n) is 10.9. The fourth-order valence-electron chi connectivity index (χ4n) is 4.32. The Kier molecular flexibility index (Phi) is 7.31. The molecular formula is C24H24ClN7O3. The minimum atomic E-state index is -0.444. The predicted octanol–water partition coefficient (Wildman–Crippen LogP) is 2.05. The minimum Gasteiger partial charge on any atom is -0.387 e. The number of carbonyl (C=O) groups is 1. The number of benzene rings is 1. The van der Waals surface area contributed by atoms with E-state index in [2.05, 4.69) is 63.4 Å². The van der Waals surface area contributed by atoms with Gasteiger partial charge in [0, 0.05) is 68.0 Å². The molecule has 0 bridgehead atoms. The zero-order chi connectivity index (χ0) is 24.9. The van der Waals surface area contributed by atoms with Crippen LogP contribution in [0.25, 0.3) is 27.8 Å². The zero-order valence-corrected chi connectivity index (χ0v) is 19.8. The summed E-state index contributed by atoms with van der Waals surface area (Å²) in [5.74, 6) is -0.225. The fraction of sp³-hybridized carbons (Fsp3) is 0.250. The van der Waals surface area contributed by atoms with Gasteiger partial charge in [0.2, 0.25) is 5.91 Å². The molecule has 1 aliphatic heterocycles. The average Bonchev–Trinajstić information content (AvgIpc) is 3.55. The third kappa shape index (κ3) is 4.83. The number of rotatable bonds is 4. The van der Waals surface area contributed by atoms with Crippen LogP contribution in [0, 0.1) is 11.3 Å². The molecule has 4 heterocycles. The summed E-state index contributed by atoms with van der Waals surface area (Å²) in [4.78, 5) is 15.6. The number of nitriles is 1. The lowest BCUT2D eigenvalue weighted by molar-refractivity contribution is -0.134. The number of fused-ring (bicyclic) bond motifs is 1. The van der Waals surface area contributed by atoms with Crippen molar-refractivity contribution in [3.05, 3.63) is 60.7 Å². The van der Waals surface area contributed by atoms with E-state index in [9.17, 15) is 10.1 Å². The summed E-state index contributed by atoms with van der Waals surface area (Å²) in [5.41, 5.74) is 6.22. The maximum Gasteiger partial charge on any atom is 0.248 e. The van der Waals surface area contributed by atoms with Crippen molar-refractivity contribution in [2.75, 3.05) is 37.7 Å². The average molecular weight is 494 g/mol. The highest BCUT2D eigenvalue weighted by Crippen LogP contribution is 2.33. The van der Waals surface area contributed by atoms with Gasteiger partial charge in [-0.3, -0.25) is 14.1 Å². The van der Waals surface area contributed by atoms with Crippen molar-refractivity contribution < 1.29 is 14.6 Å². The number of carbonyl (C=O) groups excluding carboxylic acids is 1. The van der Waals surface area contributed by atoms with Crippen LogP contribution in [-0.2, 0) is 11.8 Å². The molecule has 180 valence electrons. The number of aliphatic hydroxyl groups is 1. The summed E-state index contributed by atoms with van der Waals surface area (Å²) < 4.78 is 9.98. The molecule has 5 rings (SSSR count). The normalized spacial score (nSPS) is 13.3. The molecule has 1 fully saturated rings. The standard InChI is InChI=1S/C24H23N7O2.ClHO/c1-28-14-20(13-26-28)18-10-22(24-19(11-25)12-27-31(24)15-18)17-2-4-21(5-3-17)29-6-8-30(9-7-29)23(33)16-32;1-2/h2-5,10,12-15,32H,6-9,16H2,1H3;2H. The number of hydrogen-bond acceptors (Lipinski definition) is 7. The largest absolute Gasteiger partial charge is 0.387 e. The second-order valence-electron chi connectivity index (χ2n) is 8.08. The second-order valence-corrected chi connectivity index (χ2v) is 8.08. The highest BCUT2D eigenvalue weighted by molar-refractivity contribution is 6.04. The lowest BCUT2D eigenvalue weighted by Gasteiger charge is -2.36. The van der Waals surface area contributed by atoms with Crippen molar-refractivity contribution in [2.45, 2.75) is 0 Å². The minimum absolute atomic E-state index is 0.225. The SMILES string of the molecule is Cn1cc(-c2cc(-c3ccc(N4CCN(C(=O)CO)CC4)cc3)c3c(C#N)cnn3c2)cn1.OCl. The van der Waals surface area contributed by atoms with Crippen LogP contribution in [0.5, 0.6) is 0 Å². The van der Waals surface area contributed by atoms with Crippen LogP contribution in [0.1, 0.15) is 5.56 Å². The second kappa shape index (κ2) is 10.6. The molecule has 2 N–H and O–H groups in total. The summed E-state index contributed by atoms with van der Waals surface area (Å²) in [6, 6.07) is 12.6. The van der Waals surface area contributed by atoms with E-state index in [0.717, 1.165) is 33.5 Å². The number of aryl methyl sites for hydroxylation is 1. The lowest BCUT2D eigenvalue weighted by atomic mass is 9.99. The number of nitrogens with zero attached hydrogens (tertiary/aromatic N) is 7. The van der Waals surface area contributed by atoms with Crippen LogP contribution in [0.4, 0.5) is 5.69 Å². The van der Waals surface area contributed by atoms with E-state index in [0.29, 0.717) is 31.7 Å². The Balaban J connectivity index is 0.00000141. The van der Waals surface area contributed by atoms with E-state index in [1.165, 1.54) is 0 Å². The van der Waals surface area contributed by atoms with E-state index < -0.39 is 6.61 Å². The van der Waals surface area contributed by atoms with Crippen molar-refractivity contribution in [1.82, 2.24) is 24.3 Å². The topological polar surface area (TPSA) is 123 Å². The molecular weight excluding hydrogens is 470 g/mol. The number of amides is 1. The molecule has 0 atom stereocenters. The molecule has 35 heavy (non-hydrogen) atoms. The Labute approximate surface area is 207 Å². The van der Waals surface area contributed by atoms with Gasteiger partial charge in [0.1, 0.15) is 12.7 Å². The number of aromatic nitrogens is 4. The molecule has 1 aliphatic rings. The Morgan fingerprint density at radius 2 is 1.74 bits per heavy atom. The van der Waals surface area contributed by atoms with E-state index in [4.69, 9.17) is 9.77 Å². The quantitative estimate of drug-likeness (QED) is 0.446. The van der Waals surface area contributed by atoms with Gasteiger partial charge in [-0.15, -0.1) is 0 Å². The van der Waals surface area contributed by atoms with Crippen molar-refractivity contribution >= 4 is 29.0 Å². The molecule has 0 saturated carbocycles. The molecule has 4 aromatic rings. The monoisotopic (exact) mass is 493 g/mol. The Bertz CT molecular complexity index is 1370. The van der Waals surface area contributed by atoms with Crippen molar-refractivity contribution in [2.24, 2.45) is 7.05 Å². The maximum absolute atomic E-state index is 11.7. The van der Waals surface area contributed by atoms with Crippen LogP contribution in [0.2, 0.25) is 0 Å². The highest BCUT2D eigenvalue weighted by Gasteiger charge is 2.21. The maximum atomic E-state index is 11.7. The molecule has 1 amide bonds. The van der Waals surface area contributed by atoms with E-state index in [1.54, 1.807) is 20.3 Å². The Morgan fingerprint density at radius 1 is 1.03 bits per heavy atom. The van der Waals surface area contributed by atoms with Crippen molar-refractivity contribution in [3.63, 3.8) is 0 Å². The van der Waals surface area contributed by atoms with Crippen LogP contribution in [0.15, 0.2) is 55.1 Å². The van der Waals surface area contributed by atoms with Crippen LogP contribution in [-0.4, -0.2) is 72.8 Å². The Morgan fingerprint density at radius 3 is 2.34 bits per heavy atom. The van der Waals surface area contributed by atoms with Gasteiger partial charge in [0.15, 0.2) is 0 Å². The van der Waals surface area contributed by atoms with E-state index in [1.807, 2.05) is 25.6 Å². The fourth-order valence-corrected chi connectivity index (χ4v) is 4.32. The predicted molar refractivity (Wildman–Crippen MR) is 131 cm³/mol.